The summed E-state index contributed by atoms with van der Waals surface area (Å²) in [7, 11) is 0. The van der Waals surface area contributed by atoms with Crippen molar-refractivity contribution in [2.75, 3.05) is 6.54 Å². The Hall–Kier alpha value is -0.660. The number of hydrogen-bond donors (Lipinski definition) is 2. The van der Waals surface area contributed by atoms with E-state index in [0.717, 1.165) is 0 Å². The van der Waals surface area contributed by atoms with E-state index in [-0.39, 0.29) is 6.54 Å². The molecular formula is C7H9F3N2OS. The summed E-state index contributed by atoms with van der Waals surface area (Å²) in [5, 5.41) is 12.8. The molecule has 0 amide bonds. The van der Waals surface area contributed by atoms with E-state index < -0.39 is 18.8 Å². The predicted molar refractivity (Wildman–Crippen MR) is 45.9 cm³/mol. The Morgan fingerprint density at radius 1 is 1.57 bits per heavy atom. The molecule has 0 bridgehead atoms. The fourth-order valence-electron chi connectivity index (χ4n) is 0.778. The number of rotatable bonds is 4. The second kappa shape index (κ2) is 4.72. The molecule has 14 heavy (non-hydrogen) atoms. The highest BCUT2D eigenvalue weighted by atomic mass is 32.1. The third kappa shape index (κ3) is 3.60. The van der Waals surface area contributed by atoms with Gasteiger partial charge in [0, 0.05) is 18.5 Å². The van der Waals surface area contributed by atoms with Gasteiger partial charge >= 0.3 is 6.18 Å². The summed E-state index contributed by atoms with van der Waals surface area (Å²) >= 11 is 1.37. The second-order valence-electron chi connectivity index (χ2n) is 2.67. The lowest BCUT2D eigenvalue weighted by Crippen LogP contribution is -2.38. The average Bonchev–Trinajstić information content (AvgIpc) is 2.55. The van der Waals surface area contributed by atoms with Crippen LogP contribution in [0.2, 0.25) is 0 Å². The van der Waals surface area contributed by atoms with E-state index in [4.69, 9.17) is 5.11 Å². The summed E-state index contributed by atoms with van der Waals surface area (Å²) in [6.45, 7) is -0.280. The third-order valence-corrected chi connectivity index (χ3v) is 2.14. The van der Waals surface area contributed by atoms with Crippen molar-refractivity contribution in [2.45, 2.75) is 18.8 Å². The minimum absolute atomic E-state index is 0.233. The summed E-state index contributed by atoms with van der Waals surface area (Å²) in [5.41, 5.74) is 2.27. The molecule has 0 aliphatic rings. The van der Waals surface area contributed by atoms with Crippen LogP contribution in [0, 0.1) is 0 Å². The first-order valence-corrected chi connectivity index (χ1v) is 4.77. The first-order chi connectivity index (χ1) is 6.50. The second-order valence-corrected chi connectivity index (χ2v) is 3.39. The summed E-state index contributed by atoms with van der Waals surface area (Å²) in [4.78, 5) is 3.87. The van der Waals surface area contributed by atoms with E-state index in [2.05, 4.69) is 10.3 Å². The van der Waals surface area contributed by atoms with Crippen LogP contribution in [0.15, 0.2) is 10.9 Å². The number of hydrogen-bond acceptors (Lipinski definition) is 4. The van der Waals surface area contributed by atoms with Gasteiger partial charge in [0.2, 0.25) is 0 Å². The number of aromatic nitrogens is 1. The first-order valence-electron chi connectivity index (χ1n) is 3.82. The van der Waals surface area contributed by atoms with Crippen molar-refractivity contribution in [2.24, 2.45) is 0 Å². The van der Waals surface area contributed by atoms with Crippen molar-refractivity contribution in [1.29, 1.82) is 0 Å². The summed E-state index contributed by atoms with van der Waals surface area (Å²) in [6.07, 6.45) is -6.88. The Labute approximate surface area is 82.6 Å². The van der Waals surface area contributed by atoms with Gasteiger partial charge in [0.15, 0.2) is 6.10 Å². The van der Waals surface area contributed by atoms with Crippen molar-refractivity contribution in [1.82, 2.24) is 10.3 Å². The molecule has 0 saturated heterocycles. The summed E-state index contributed by atoms with van der Waals surface area (Å²) < 4.78 is 35.4. The summed E-state index contributed by atoms with van der Waals surface area (Å²) in [6, 6.07) is 0. The highest BCUT2D eigenvalue weighted by molar-refractivity contribution is 7.07. The molecule has 1 unspecified atom stereocenters. The smallest absolute Gasteiger partial charge is 0.382 e. The Kier molecular flexibility index (Phi) is 3.85. The molecule has 1 aromatic rings. The molecule has 0 radical (unpaired) electrons. The number of aliphatic hydroxyl groups is 1. The number of halogens is 3. The molecule has 0 aromatic carbocycles. The van der Waals surface area contributed by atoms with Crippen LogP contribution in [0.25, 0.3) is 0 Å². The molecule has 3 nitrogen and oxygen atoms in total. The van der Waals surface area contributed by atoms with Crippen molar-refractivity contribution in [3.63, 3.8) is 0 Å². The fraction of sp³-hybridized carbons (Fsp3) is 0.571. The van der Waals surface area contributed by atoms with Crippen molar-refractivity contribution >= 4 is 11.3 Å². The lowest BCUT2D eigenvalue weighted by atomic mass is 10.3. The maximum absolute atomic E-state index is 11.8. The fourth-order valence-corrected chi connectivity index (χ4v) is 1.34. The molecule has 80 valence electrons. The predicted octanol–water partition coefficient (Wildman–Crippen LogP) is 1.16. The number of nitrogens with zero attached hydrogens (tertiary/aromatic N) is 1. The van der Waals surface area contributed by atoms with E-state index in [1.54, 1.807) is 10.9 Å². The van der Waals surface area contributed by atoms with Crippen molar-refractivity contribution < 1.29 is 18.3 Å². The Morgan fingerprint density at radius 2 is 2.29 bits per heavy atom. The zero-order chi connectivity index (χ0) is 10.6. The van der Waals surface area contributed by atoms with Gasteiger partial charge in [-0.05, 0) is 0 Å². The van der Waals surface area contributed by atoms with Gasteiger partial charge in [-0.25, -0.2) is 4.98 Å². The van der Waals surface area contributed by atoms with Crippen molar-refractivity contribution in [3.8, 4) is 0 Å². The van der Waals surface area contributed by atoms with Crippen LogP contribution >= 0.6 is 11.3 Å². The molecule has 0 fully saturated rings. The standard InChI is InChI=1S/C7H9F3N2OS/c8-7(9,10)6(13)2-11-1-5-3-14-4-12-5/h3-4,6,11,13H,1-2H2. The average molecular weight is 226 g/mol. The van der Waals surface area contributed by atoms with Crippen LogP contribution in [0.5, 0.6) is 0 Å². The van der Waals surface area contributed by atoms with Gasteiger partial charge in [0.05, 0.1) is 11.2 Å². The van der Waals surface area contributed by atoms with E-state index in [1.807, 2.05) is 0 Å². The Balaban J connectivity index is 2.22. The number of aliphatic hydroxyl groups excluding tert-OH is 1. The van der Waals surface area contributed by atoms with Crippen molar-refractivity contribution in [3.05, 3.63) is 16.6 Å². The van der Waals surface area contributed by atoms with Gasteiger partial charge in [-0.1, -0.05) is 0 Å². The van der Waals surface area contributed by atoms with Crippen LogP contribution < -0.4 is 5.32 Å². The quantitative estimate of drug-likeness (QED) is 0.809. The van der Waals surface area contributed by atoms with Crippen LogP contribution in [0.1, 0.15) is 5.69 Å². The minimum Gasteiger partial charge on any atom is -0.382 e. The third-order valence-electron chi connectivity index (χ3n) is 1.51. The van der Waals surface area contributed by atoms with Gasteiger partial charge < -0.3 is 10.4 Å². The van der Waals surface area contributed by atoms with Crippen LogP contribution in [0.4, 0.5) is 13.2 Å². The lowest BCUT2D eigenvalue weighted by Gasteiger charge is -2.14. The normalized spacial score (nSPS) is 14.3. The van der Waals surface area contributed by atoms with Crippen LogP contribution in [0.3, 0.4) is 0 Å². The van der Waals surface area contributed by atoms with Gasteiger partial charge in [-0.15, -0.1) is 11.3 Å². The van der Waals surface area contributed by atoms with E-state index in [0.29, 0.717) is 5.69 Å². The Bertz CT molecular complexity index is 262. The molecule has 1 rings (SSSR count). The molecule has 7 heteroatoms. The molecule has 2 N–H and O–H groups in total. The zero-order valence-electron chi connectivity index (χ0n) is 7.08. The minimum atomic E-state index is -4.56. The molecule has 1 atom stereocenters. The van der Waals surface area contributed by atoms with Crippen LogP contribution in [-0.2, 0) is 6.54 Å². The monoisotopic (exact) mass is 226 g/mol. The van der Waals surface area contributed by atoms with E-state index in [1.165, 1.54) is 11.3 Å². The number of nitrogens with one attached hydrogen (secondary N) is 1. The number of alkyl halides is 3. The van der Waals surface area contributed by atoms with Gasteiger partial charge in [-0.3, -0.25) is 0 Å². The molecule has 0 saturated carbocycles. The summed E-state index contributed by atoms with van der Waals surface area (Å²) in [5.74, 6) is 0. The Morgan fingerprint density at radius 3 is 2.79 bits per heavy atom. The topological polar surface area (TPSA) is 45.1 Å². The molecule has 0 aliphatic carbocycles. The molecule has 0 spiro atoms. The maximum atomic E-state index is 11.8. The van der Waals surface area contributed by atoms with E-state index >= 15 is 0 Å². The lowest BCUT2D eigenvalue weighted by molar-refractivity contribution is -0.201. The van der Waals surface area contributed by atoms with Gasteiger partial charge in [0.25, 0.3) is 0 Å². The first kappa shape index (κ1) is 11.4. The van der Waals surface area contributed by atoms with Gasteiger partial charge in [0.1, 0.15) is 0 Å². The molecule has 1 aromatic heterocycles. The van der Waals surface area contributed by atoms with Gasteiger partial charge in [-0.2, -0.15) is 13.2 Å². The van der Waals surface area contributed by atoms with E-state index in [9.17, 15) is 13.2 Å². The molecule has 1 heterocycles. The highest BCUT2D eigenvalue weighted by Gasteiger charge is 2.37. The SMILES string of the molecule is OC(CNCc1cscn1)C(F)(F)F. The molecule has 0 aliphatic heterocycles. The van der Waals surface area contributed by atoms with Crippen LogP contribution in [-0.4, -0.2) is 28.9 Å². The maximum Gasteiger partial charge on any atom is 0.415 e. The number of thiazole rings is 1. The highest BCUT2D eigenvalue weighted by Crippen LogP contribution is 2.19. The zero-order valence-corrected chi connectivity index (χ0v) is 7.90. The largest absolute Gasteiger partial charge is 0.415 e. The molecular weight excluding hydrogens is 217 g/mol.